The molecule has 12 aromatic rings. The number of para-hydroxylation sites is 3. The first-order valence-electron chi connectivity index (χ1n) is 25.4. The predicted molar refractivity (Wildman–Crippen MR) is 301 cm³/mol. The van der Waals surface area contributed by atoms with E-state index in [9.17, 15) is 5.26 Å². The van der Waals surface area contributed by atoms with Gasteiger partial charge >= 0.3 is 0 Å². The van der Waals surface area contributed by atoms with Crippen LogP contribution in [0.4, 0.5) is 34.1 Å². The van der Waals surface area contributed by atoms with Crippen molar-refractivity contribution in [2.24, 2.45) is 0 Å². The molecular formula is C67H46N4O2. The van der Waals surface area contributed by atoms with Gasteiger partial charge in [0.15, 0.2) is 11.2 Å². The van der Waals surface area contributed by atoms with Crippen LogP contribution in [0.15, 0.2) is 209 Å². The fourth-order valence-corrected chi connectivity index (χ4v) is 11.9. The maximum Gasteiger partial charge on any atom is 0.159 e. The van der Waals surface area contributed by atoms with E-state index in [0.717, 1.165) is 138 Å². The third kappa shape index (κ3) is 6.74. The molecule has 0 spiro atoms. The molecule has 10 aromatic carbocycles. The maximum absolute atomic E-state index is 10.6. The van der Waals surface area contributed by atoms with Gasteiger partial charge < -0.3 is 24.0 Å². The largest absolute Gasteiger partial charge is 0.458 e. The summed E-state index contributed by atoms with van der Waals surface area (Å²) in [4.78, 5) is 4.77. The van der Waals surface area contributed by atoms with Crippen LogP contribution in [0.25, 0.3) is 88.0 Å². The molecule has 1 fully saturated rings. The number of furan rings is 2. The van der Waals surface area contributed by atoms with Crippen LogP contribution in [0.1, 0.15) is 53.3 Å². The van der Waals surface area contributed by atoms with Crippen molar-refractivity contribution in [3.8, 4) is 17.2 Å². The third-order valence-corrected chi connectivity index (χ3v) is 15.3. The van der Waals surface area contributed by atoms with Gasteiger partial charge in [0.05, 0.1) is 34.4 Å². The molecule has 0 bridgehead atoms. The Morgan fingerprint density at radius 1 is 0.507 bits per heavy atom. The van der Waals surface area contributed by atoms with Gasteiger partial charge in [-0.25, -0.2) is 0 Å². The molecule has 6 heteroatoms. The molecule has 0 amide bonds. The number of allylic oxidation sites excluding steroid dienone is 5. The Bertz CT molecular complexity index is 4370. The number of hydrogen-bond donors (Lipinski definition) is 1. The smallest absolute Gasteiger partial charge is 0.159 e. The van der Waals surface area contributed by atoms with Crippen LogP contribution < -0.4 is 15.1 Å². The van der Waals surface area contributed by atoms with Crippen molar-refractivity contribution in [2.75, 3.05) is 16.3 Å². The van der Waals surface area contributed by atoms with Gasteiger partial charge in [0.1, 0.15) is 11.3 Å². The third-order valence-electron chi connectivity index (χ3n) is 15.3. The number of rotatable bonds is 9. The van der Waals surface area contributed by atoms with Crippen molar-refractivity contribution in [1.82, 2.24) is 5.32 Å². The zero-order valence-electron chi connectivity index (χ0n) is 39.9. The zero-order valence-corrected chi connectivity index (χ0v) is 39.9. The molecule has 1 unspecified atom stereocenters. The summed E-state index contributed by atoms with van der Waals surface area (Å²) in [5, 5.41) is 24.4. The Hall–Kier alpha value is -9.15. The van der Waals surface area contributed by atoms with Crippen LogP contribution >= 0.6 is 0 Å². The van der Waals surface area contributed by atoms with E-state index < -0.39 is 0 Å². The molecule has 1 saturated heterocycles. The van der Waals surface area contributed by atoms with Crippen LogP contribution in [-0.4, -0.2) is 6.54 Å². The highest BCUT2D eigenvalue weighted by Gasteiger charge is 2.29. The Labute approximate surface area is 421 Å². The van der Waals surface area contributed by atoms with Crippen LogP contribution in [0.5, 0.6) is 0 Å². The molecule has 2 aliphatic carbocycles. The number of fused-ring (bicyclic) bond motifs is 6. The molecule has 15 rings (SSSR count). The van der Waals surface area contributed by atoms with E-state index in [1.165, 1.54) is 33.0 Å². The summed E-state index contributed by atoms with van der Waals surface area (Å²) in [6, 6.07) is 66.4. The van der Waals surface area contributed by atoms with Crippen molar-refractivity contribution in [2.45, 2.75) is 31.7 Å². The maximum atomic E-state index is 10.6. The molecular weight excluding hydrogens is 893 g/mol. The molecule has 73 heavy (non-hydrogen) atoms. The first-order valence-corrected chi connectivity index (χ1v) is 25.4. The molecule has 0 saturated carbocycles. The van der Waals surface area contributed by atoms with Crippen molar-refractivity contribution in [3.05, 3.63) is 228 Å². The Morgan fingerprint density at radius 3 is 1.89 bits per heavy atom. The molecule has 1 aliphatic heterocycles. The van der Waals surface area contributed by atoms with Crippen molar-refractivity contribution in [1.29, 1.82) is 5.26 Å². The monoisotopic (exact) mass is 938 g/mol. The molecule has 1 atom stereocenters. The van der Waals surface area contributed by atoms with Gasteiger partial charge in [-0.2, -0.15) is 5.26 Å². The number of anilines is 6. The number of hydrogen-bond acceptors (Lipinski definition) is 6. The quantitative estimate of drug-likeness (QED) is 0.115. The fraction of sp³-hybridized carbons (Fsp3) is 0.0896. The minimum absolute atomic E-state index is 0.287. The summed E-state index contributed by atoms with van der Waals surface area (Å²) in [6.07, 6.45) is 15.0. The number of aryl methyl sites for hydroxylation is 1. The molecule has 3 heterocycles. The molecule has 6 nitrogen and oxygen atoms in total. The first kappa shape index (κ1) is 41.6. The van der Waals surface area contributed by atoms with Gasteiger partial charge in [-0.15, -0.1) is 0 Å². The normalized spacial score (nSPS) is 15.2. The highest BCUT2D eigenvalue weighted by Crippen LogP contribution is 2.51. The van der Waals surface area contributed by atoms with Gasteiger partial charge in [-0.05, 0) is 135 Å². The summed E-state index contributed by atoms with van der Waals surface area (Å²) in [5.74, 6) is 1.04. The second-order valence-corrected chi connectivity index (χ2v) is 19.7. The number of benzene rings is 10. The van der Waals surface area contributed by atoms with E-state index in [1.54, 1.807) is 0 Å². The lowest BCUT2D eigenvalue weighted by Gasteiger charge is -2.30. The highest BCUT2D eigenvalue weighted by molar-refractivity contribution is 6.28. The summed E-state index contributed by atoms with van der Waals surface area (Å²) in [7, 11) is 0. The Kier molecular flexibility index (Phi) is 9.38. The van der Waals surface area contributed by atoms with Gasteiger partial charge in [0, 0.05) is 62.9 Å². The lowest BCUT2D eigenvalue weighted by Crippen LogP contribution is -2.12. The number of nitrogens with zero attached hydrogens (tertiary/aromatic N) is 3. The van der Waals surface area contributed by atoms with Crippen molar-refractivity contribution < 1.29 is 8.83 Å². The van der Waals surface area contributed by atoms with E-state index in [0.29, 0.717) is 5.56 Å². The molecule has 1 N–H and O–H groups in total. The van der Waals surface area contributed by atoms with E-state index in [-0.39, 0.29) is 6.04 Å². The standard InChI is InChI=1S/C67H46N4O2/c68-39-41-33-46(42-13-3-1-4-14-42)36-49(34-41)70(60-21-11-19-53-51-17-7-9-23-62(51)72-66(53)60)58-31-27-44-26-30-56-59(32-28-45-25-29-55(58)64(44)65(45)56)71(61-22-12-20-54-52-18-8-10-24-63(52)73-67(54)61)50-37-47(43-15-5-2-6-16-43)35-48(38-50)57-40-69-57/h2-3,5-9,11-23,25-38,57,69H,1,4,10,24,40H2. The second kappa shape index (κ2) is 16.5. The van der Waals surface area contributed by atoms with E-state index in [1.807, 2.05) is 24.3 Å². The van der Waals surface area contributed by atoms with Crippen LogP contribution in [0, 0.1) is 11.3 Å². The Morgan fingerprint density at radius 2 is 1.16 bits per heavy atom. The second-order valence-electron chi connectivity index (χ2n) is 19.7. The van der Waals surface area contributed by atoms with Gasteiger partial charge in [-0.3, -0.25) is 0 Å². The summed E-state index contributed by atoms with van der Waals surface area (Å²) in [5.41, 5.74) is 15.9. The fourth-order valence-electron chi connectivity index (χ4n) is 11.9. The molecule has 0 radical (unpaired) electrons. The van der Waals surface area contributed by atoms with Crippen LogP contribution in [0.3, 0.4) is 0 Å². The molecule has 2 aromatic heterocycles. The number of nitrogens with one attached hydrogen (secondary N) is 1. The predicted octanol–water partition coefficient (Wildman–Crippen LogP) is 18.0. The summed E-state index contributed by atoms with van der Waals surface area (Å²) < 4.78 is 13.8. The lowest BCUT2D eigenvalue weighted by molar-refractivity contribution is 0.546. The van der Waals surface area contributed by atoms with Crippen LogP contribution in [-0.2, 0) is 6.42 Å². The summed E-state index contributed by atoms with van der Waals surface area (Å²) >= 11 is 0. The van der Waals surface area contributed by atoms with E-state index in [2.05, 4.69) is 203 Å². The zero-order chi connectivity index (χ0) is 48.1. The minimum Gasteiger partial charge on any atom is -0.458 e. The molecule has 346 valence electrons. The lowest BCUT2D eigenvalue weighted by atomic mass is 9.91. The molecule has 3 aliphatic rings. The SMILES string of the molecule is N#Cc1cc(C2=CCCC=C2)cc(N(c2ccc3ccc4c(N(c5cc(-c6ccccc6)cc(C6CN6)c5)c5cccc6c7c(oc56)CCC=C7)ccc5ccc2c3c54)c2cccc3c2oc2ccccc23)c1. The van der Waals surface area contributed by atoms with Gasteiger partial charge in [-0.1, -0.05) is 140 Å². The first-order chi connectivity index (χ1) is 36.1. The Balaban J connectivity index is 1.00. The van der Waals surface area contributed by atoms with Gasteiger partial charge in [0.25, 0.3) is 0 Å². The topological polar surface area (TPSA) is 78.5 Å². The highest BCUT2D eigenvalue weighted by atomic mass is 16.3. The minimum atomic E-state index is 0.287. The van der Waals surface area contributed by atoms with E-state index >= 15 is 0 Å². The average Bonchev–Trinajstić information content (AvgIpc) is 4.15. The van der Waals surface area contributed by atoms with Gasteiger partial charge in [0.2, 0.25) is 0 Å². The number of nitriles is 1. The van der Waals surface area contributed by atoms with Crippen molar-refractivity contribution >= 4 is 111 Å². The van der Waals surface area contributed by atoms with E-state index in [4.69, 9.17) is 8.83 Å². The average molecular weight is 939 g/mol. The van der Waals surface area contributed by atoms with Crippen molar-refractivity contribution in [3.63, 3.8) is 0 Å². The summed E-state index contributed by atoms with van der Waals surface area (Å²) in [6.45, 7) is 0.949. The van der Waals surface area contributed by atoms with Crippen LogP contribution in [0.2, 0.25) is 0 Å².